The smallest absolute Gasteiger partial charge is 0.320 e. The molecule has 16 heavy (non-hydrogen) atoms. The van der Waals surface area contributed by atoms with E-state index in [0.717, 1.165) is 26.1 Å². The quantitative estimate of drug-likeness (QED) is 0.723. The second kappa shape index (κ2) is 5.07. The van der Waals surface area contributed by atoms with Crippen LogP contribution in [-0.2, 0) is 0 Å². The molecule has 1 aliphatic heterocycles. The van der Waals surface area contributed by atoms with Crippen LogP contribution in [0.4, 0.5) is 4.79 Å². The molecule has 1 saturated carbocycles. The van der Waals surface area contributed by atoms with Crippen molar-refractivity contribution in [1.82, 2.24) is 9.80 Å². The standard InChI is InChI=1S/C13H24N2O/c1-3-8-15(12-6-7-12)13(16)14-9-4-5-11(2)10-14/h11-12H,3-10H2,1-2H3. The van der Waals surface area contributed by atoms with Crippen LogP contribution in [0.1, 0.15) is 46.0 Å². The maximum absolute atomic E-state index is 12.4. The Hall–Kier alpha value is -0.730. The Morgan fingerprint density at radius 1 is 1.38 bits per heavy atom. The van der Waals surface area contributed by atoms with Crippen LogP contribution >= 0.6 is 0 Å². The fourth-order valence-corrected chi connectivity index (χ4v) is 2.61. The van der Waals surface area contributed by atoms with E-state index >= 15 is 0 Å². The third-order valence-corrected chi connectivity index (χ3v) is 3.63. The third-order valence-electron chi connectivity index (χ3n) is 3.63. The lowest BCUT2D eigenvalue weighted by Gasteiger charge is -2.35. The maximum atomic E-state index is 12.4. The van der Waals surface area contributed by atoms with Crippen LogP contribution in [0.25, 0.3) is 0 Å². The van der Waals surface area contributed by atoms with Crippen molar-refractivity contribution in [3.8, 4) is 0 Å². The lowest BCUT2D eigenvalue weighted by atomic mass is 10.0. The van der Waals surface area contributed by atoms with Gasteiger partial charge in [-0.25, -0.2) is 4.79 Å². The summed E-state index contributed by atoms with van der Waals surface area (Å²) in [5, 5.41) is 0. The monoisotopic (exact) mass is 224 g/mol. The maximum Gasteiger partial charge on any atom is 0.320 e. The second-order valence-corrected chi connectivity index (χ2v) is 5.40. The van der Waals surface area contributed by atoms with E-state index in [1.165, 1.54) is 25.7 Å². The van der Waals surface area contributed by atoms with Gasteiger partial charge >= 0.3 is 6.03 Å². The highest BCUT2D eigenvalue weighted by Crippen LogP contribution is 2.29. The molecule has 0 aromatic heterocycles. The molecule has 2 amide bonds. The molecule has 2 aliphatic rings. The zero-order valence-electron chi connectivity index (χ0n) is 10.6. The average Bonchev–Trinajstić information content (AvgIpc) is 3.09. The van der Waals surface area contributed by atoms with Gasteiger partial charge < -0.3 is 9.80 Å². The number of carbonyl (C=O) groups excluding carboxylic acids is 1. The molecule has 1 saturated heterocycles. The van der Waals surface area contributed by atoms with E-state index in [4.69, 9.17) is 0 Å². The number of carbonyl (C=O) groups is 1. The zero-order valence-corrected chi connectivity index (χ0v) is 10.6. The SMILES string of the molecule is CCCN(C(=O)N1CCCC(C)C1)C1CC1. The van der Waals surface area contributed by atoms with E-state index in [9.17, 15) is 4.79 Å². The lowest BCUT2D eigenvalue weighted by Crippen LogP contribution is -2.48. The number of amides is 2. The van der Waals surface area contributed by atoms with Crippen LogP contribution in [0.3, 0.4) is 0 Å². The summed E-state index contributed by atoms with van der Waals surface area (Å²) in [6.45, 7) is 7.28. The summed E-state index contributed by atoms with van der Waals surface area (Å²) < 4.78 is 0. The van der Waals surface area contributed by atoms with Crippen molar-refractivity contribution in [3.05, 3.63) is 0 Å². The fraction of sp³-hybridized carbons (Fsp3) is 0.923. The molecular formula is C13H24N2O. The van der Waals surface area contributed by atoms with E-state index in [0.29, 0.717) is 18.0 Å². The van der Waals surface area contributed by atoms with Gasteiger partial charge in [0.05, 0.1) is 0 Å². The minimum Gasteiger partial charge on any atom is -0.324 e. The number of piperidine rings is 1. The molecule has 1 heterocycles. The Morgan fingerprint density at radius 3 is 2.69 bits per heavy atom. The number of rotatable bonds is 3. The Morgan fingerprint density at radius 2 is 2.12 bits per heavy atom. The molecule has 3 nitrogen and oxygen atoms in total. The van der Waals surface area contributed by atoms with Gasteiger partial charge in [-0.15, -0.1) is 0 Å². The van der Waals surface area contributed by atoms with Crippen molar-refractivity contribution >= 4 is 6.03 Å². The largest absolute Gasteiger partial charge is 0.324 e. The van der Waals surface area contributed by atoms with Gasteiger partial charge in [-0.3, -0.25) is 0 Å². The van der Waals surface area contributed by atoms with E-state index < -0.39 is 0 Å². The molecule has 3 heteroatoms. The van der Waals surface area contributed by atoms with E-state index in [1.807, 2.05) is 0 Å². The molecule has 1 aliphatic carbocycles. The summed E-state index contributed by atoms with van der Waals surface area (Å²) in [5.74, 6) is 0.681. The first-order chi connectivity index (χ1) is 7.72. The average molecular weight is 224 g/mol. The van der Waals surface area contributed by atoms with Crippen molar-refractivity contribution in [1.29, 1.82) is 0 Å². The third kappa shape index (κ3) is 2.69. The van der Waals surface area contributed by atoms with Gasteiger partial charge in [-0.1, -0.05) is 13.8 Å². The molecule has 0 N–H and O–H groups in total. The lowest BCUT2D eigenvalue weighted by molar-refractivity contribution is 0.128. The summed E-state index contributed by atoms with van der Waals surface area (Å²) in [6.07, 6.45) is 5.97. The van der Waals surface area contributed by atoms with Gasteiger partial charge in [0, 0.05) is 25.7 Å². The number of hydrogen-bond acceptors (Lipinski definition) is 1. The number of hydrogen-bond donors (Lipinski definition) is 0. The van der Waals surface area contributed by atoms with Crippen LogP contribution in [-0.4, -0.2) is 41.5 Å². The highest BCUT2D eigenvalue weighted by Gasteiger charge is 2.35. The molecule has 1 unspecified atom stereocenters. The van der Waals surface area contributed by atoms with Gasteiger partial charge in [0.15, 0.2) is 0 Å². The first kappa shape index (κ1) is 11.7. The van der Waals surface area contributed by atoms with Crippen LogP contribution in [0.2, 0.25) is 0 Å². The molecule has 2 rings (SSSR count). The van der Waals surface area contributed by atoms with Gasteiger partial charge in [-0.2, -0.15) is 0 Å². The van der Waals surface area contributed by atoms with Crippen LogP contribution in [0.15, 0.2) is 0 Å². The van der Waals surface area contributed by atoms with E-state index in [1.54, 1.807) is 0 Å². The van der Waals surface area contributed by atoms with Crippen molar-refractivity contribution in [2.75, 3.05) is 19.6 Å². The minimum absolute atomic E-state index is 0.302. The highest BCUT2D eigenvalue weighted by atomic mass is 16.2. The van der Waals surface area contributed by atoms with Crippen molar-refractivity contribution in [2.45, 2.75) is 52.0 Å². The summed E-state index contributed by atoms with van der Waals surface area (Å²) >= 11 is 0. The summed E-state index contributed by atoms with van der Waals surface area (Å²) in [4.78, 5) is 16.5. The van der Waals surface area contributed by atoms with Crippen molar-refractivity contribution in [2.24, 2.45) is 5.92 Å². The number of likely N-dealkylation sites (tertiary alicyclic amines) is 1. The molecule has 0 bridgehead atoms. The van der Waals surface area contributed by atoms with Crippen LogP contribution in [0, 0.1) is 5.92 Å². The van der Waals surface area contributed by atoms with Crippen LogP contribution < -0.4 is 0 Å². The molecule has 92 valence electrons. The van der Waals surface area contributed by atoms with Gasteiger partial charge in [0.1, 0.15) is 0 Å². The first-order valence-corrected chi connectivity index (χ1v) is 6.78. The number of urea groups is 1. The Kier molecular flexibility index (Phi) is 3.72. The predicted octanol–water partition coefficient (Wildman–Crippen LogP) is 2.71. The molecule has 0 aromatic rings. The second-order valence-electron chi connectivity index (χ2n) is 5.40. The molecular weight excluding hydrogens is 200 g/mol. The van der Waals surface area contributed by atoms with Crippen molar-refractivity contribution < 1.29 is 4.79 Å². The number of nitrogens with zero attached hydrogens (tertiary/aromatic N) is 2. The van der Waals surface area contributed by atoms with Gasteiger partial charge in [0.2, 0.25) is 0 Å². The zero-order chi connectivity index (χ0) is 11.5. The minimum atomic E-state index is 0.302. The summed E-state index contributed by atoms with van der Waals surface area (Å²) in [5.41, 5.74) is 0. The highest BCUT2D eigenvalue weighted by molar-refractivity contribution is 5.75. The molecule has 2 fully saturated rings. The Balaban J connectivity index is 1.92. The fourth-order valence-electron chi connectivity index (χ4n) is 2.61. The summed E-state index contributed by atoms with van der Waals surface area (Å²) in [7, 11) is 0. The Labute approximate surface area is 98.8 Å². The molecule has 0 spiro atoms. The van der Waals surface area contributed by atoms with E-state index in [-0.39, 0.29) is 0 Å². The molecule has 0 radical (unpaired) electrons. The molecule has 0 aromatic carbocycles. The van der Waals surface area contributed by atoms with Crippen LogP contribution in [0.5, 0.6) is 0 Å². The molecule has 1 atom stereocenters. The van der Waals surface area contributed by atoms with E-state index in [2.05, 4.69) is 23.6 Å². The van der Waals surface area contributed by atoms with Gasteiger partial charge in [-0.05, 0) is 38.0 Å². The predicted molar refractivity (Wildman–Crippen MR) is 65.4 cm³/mol. The normalized spacial score (nSPS) is 25.6. The Bertz CT molecular complexity index is 250. The van der Waals surface area contributed by atoms with Crippen molar-refractivity contribution in [3.63, 3.8) is 0 Å². The first-order valence-electron chi connectivity index (χ1n) is 6.78. The topological polar surface area (TPSA) is 23.6 Å². The van der Waals surface area contributed by atoms with Gasteiger partial charge in [0.25, 0.3) is 0 Å². The summed E-state index contributed by atoms with van der Waals surface area (Å²) in [6, 6.07) is 0.862.